The highest BCUT2D eigenvalue weighted by Crippen LogP contribution is 2.24. The predicted molar refractivity (Wildman–Crippen MR) is 125 cm³/mol. The number of piperidine rings is 1. The molecule has 0 bridgehead atoms. The number of aromatic nitrogens is 2. The lowest BCUT2D eigenvalue weighted by molar-refractivity contribution is -0.131. The van der Waals surface area contributed by atoms with Gasteiger partial charge >= 0.3 is 0 Å². The van der Waals surface area contributed by atoms with E-state index in [0.29, 0.717) is 26.1 Å². The van der Waals surface area contributed by atoms with E-state index in [1.54, 1.807) is 10.7 Å². The minimum absolute atomic E-state index is 0.0000818. The molecular formula is C26H29N3O3. The molecule has 1 fully saturated rings. The molecule has 1 amide bonds. The normalized spacial score (nSPS) is 14.4. The summed E-state index contributed by atoms with van der Waals surface area (Å²) in [5, 5.41) is 4.72. The molecule has 0 saturated carbocycles. The molecule has 2 aromatic carbocycles. The topological polar surface area (TPSA) is 64.4 Å². The maximum atomic E-state index is 12.8. The Morgan fingerprint density at radius 2 is 1.75 bits per heavy atom. The maximum absolute atomic E-state index is 12.8. The highest BCUT2D eigenvalue weighted by Gasteiger charge is 2.25. The Hall–Kier alpha value is -3.41. The fourth-order valence-corrected chi connectivity index (χ4v) is 4.22. The second-order valence-electron chi connectivity index (χ2n) is 8.19. The largest absolute Gasteiger partial charge is 0.494 e. The first-order valence-electron chi connectivity index (χ1n) is 11.2. The first kappa shape index (κ1) is 21.8. The van der Waals surface area contributed by atoms with Gasteiger partial charge in [-0.15, -0.1) is 0 Å². The minimum atomic E-state index is -0.0821. The van der Waals surface area contributed by atoms with Gasteiger partial charge in [0, 0.05) is 24.7 Å². The van der Waals surface area contributed by atoms with Crippen LogP contribution in [-0.4, -0.2) is 40.3 Å². The van der Waals surface area contributed by atoms with Crippen molar-refractivity contribution in [1.29, 1.82) is 0 Å². The van der Waals surface area contributed by atoms with Crippen LogP contribution < -0.4 is 10.3 Å². The molecule has 3 aromatic rings. The number of carbonyl (C=O) groups excluding carboxylic acids is 1. The quantitative estimate of drug-likeness (QED) is 0.591. The second-order valence-corrected chi connectivity index (χ2v) is 8.19. The van der Waals surface area contributed by atoms with Gasteiger partial charge in [-0.2, -0.15) is 5.10 Å². The Balaban J connectivity index is 1.41. The fourth-order valence-electron chi connectivity index (χ4n) is 4.22. The Kier molecular flexibility index (Phi) is 6.69. The van der Waals surface area contributed by atoms with Gasteiger partial charge in [-0.3, -0.25) is 9.59 Å². The van der Waals surface area contributed by atoms with Gasteiger partial charge in [-0.1, -0.05) is 42.5 Å². The van der Waals surface area contributed by atoms with Crippen LogP contribution in [0.3, 0.4) is 0 Å². The Labute approximate surface area is 188 Å². The Morgan fingerprint density at radius 3 is 2.41 bits per heavy atom. The highest BCUT2D eigenvalue weighted by molar-refractivity contribution is 5.78. The summed E-state index contributed by atoms with van der Waals surface area (Å²) in [4.78, 5) is 27.3. The number of hydrogen-bond donors (Lipinski definition) is 0. The second kappa shape index (κ2) is 9.81. The number of aryl methyl sites for hydroxylation is 1. The molecule has 0 N–H and O–H groups in total. The lowest BCUT2D eigenvalue weighted by Crippen LogP contribution is -2.42. The summed E-state index contributed by atoms with van der Waals surface area (Å²) < 4.78 is 7.08. The number of benzene rings is 2. The molecule has 1 aromatic heterocycles. The van der Waals surface area contributed by atoms with E-state index in [4.69, 9.17) is 9.84 Å². The van der Waals surface area contributed by atoms with E-state index in [0.717, 1.165) is 41.0 Å². The Bertz CT molecular complexity index is 1120. The van der Waals surface area contributed by atoms with Crippen LogP contribution in [0.4, 0.5) is 0 Å². The van der Waals surface area contributed by atoms with Crippen molar-refractivity contribution < 1.29 is 9.53 Å². The zero-order valence-corrected chi connectivity index (χ0v) is 18.7. The van der Waals surface area contributed by atoms with Gasteiger partial charge in [0.2, 0.25) is 5.91 Å². The van der Waals surface area contributed by atoms with Gasteiger partial charge in [0.25, 0.3) is 5.56 Å². The van der Waals surface area contributed by atoms with Crippen LogP contribution in [0.5, 0.6) is 5.75 Å². The minimum Gasteiger partial charge on any atom is -0.494 e. The molecule has 1 aliphatic rings. The fraction of sp³-hybridized carbons (Fsp3) is 0.346. The van der Waals surface area contributed by atoms with Crippen LogP contribution in [-0.2, 0) is 11.2 Å². The number of carbonyl (C=O) groups is 1. The van der Waals surface area contributed by atoms with Gasteiger partial charge in [-0.05, 0) is 49.9 Å². The molecule has 0 unspecified atom stereocenters. The van der Waals surface area contributed by atoms with Crippen molar-refractivity contribution in [2.75, 3.05) is 19.7 Å². The van der Waals surface area contributed by atoms with E-state index in [1.165, 1.54) is 0 Å². The van der Waals surface area contributed by atoms with E-state index in [2.05, 4.69) is 0 Å². The summed E-state index contributed by atoms with van der Waals surface area (Å²) in [7, 11) is 0. The van der Waals surface area contributed by atoms with Crippen LogP contribution in [0.1, 0.15) is 36.9 Å². The molecule has 166 valence electrons. The molecular weight excluding hydrogens is 402 g/mol. The van der Waals surface area contributed by atoms with E-state index in [9.17, 15) is 9.59 Å². The summed E-state index contributed by atoms with van der Waals surface area (Å²) in [5.74, 6) is 0.928. The summed E-state index contributed by atoms with van der Waals surface area (Å²) in [6, 6.07) is 19.3. The third kappa shape index (κ3) is 4.90. The van der Waals surface area contributed by atoms with E-state index in [-0.39, 0.29) is 17.5 Å². The summed E-state index contributed by atoms with van der Waals surface area (Å²) in [6.07, 6.45) is 1.82. The van der Waals surface area contributed by atoms with Crippen molar-refractivity contribution in [3.05, 3.63) is 82.1 Å². The van der Waals surface area contributed by atoms with Crippen molar-refractivity contribution in [1.82, 2.24) is 14.7 Å². The van der Waals surface area contributed by atoms with E-state index in [1.807, 2.05) is 73.3 Å². The summed E-state index contributed by atoms with van der Waals surface area (Å²) >= 11 is 0. The van der Waals surface area contributed by atoms with Crippen LogP contribution in [0, 0.1) is 6.92 Å². The van der Waals surface area contributed by atoms with Crippen LogP contribution in [0.2, 0.25) is 0 Å². The standard InChI is InChI=1S/C26H29N3O3/c1-3-32-23-11-9-20(10-12-23)18-24(30)28-15-13-22(14-16-28)29-25(31)17-19(2)26(27-29)21-7-5-4-6-8-21/h4-12,17,22H,3,13-16,18H2,1-2H3. The van der Waals surface area contributed by atoms with Crippen molar-refractivity contribution >= 4 is 5.91 Å². The average Bonchev–Trinajstić information content (AvgIpc) is 2.81. The SMILES string of the molecule is CCOc1ccc(CC(=O)N2CCC(n3nc(-c4ccccc4)c(C)cc3=O)CC2)cc1. The molecule has 4 rings (SSSR count). The molecule has 1 aliphatic heterocycles. The van der Waals surface area contributed by atoms with Crippen molar-refractivity contribution in [3.8, 4) is 17.0 Å². The van der Waals surface area contributed by atoms with Gasteiger partial charge in [0.1, 0.15) is 5.75 Å². The first-order chi connectivity index (χ1) is 15.5. The van der Waals surface area contributed by atoms with E-state index >= 15 is 0 Å². The smallest absolute Gasteiger partial charge is 0.267 e. The molecule has 6 heteroatoms. The van der Waals surface area contributed by atoms with Crippen molar-refractivity contribution in [2.45, 2.75) is 39.2 Å². The number of amides is 1. The number of likely N-dealkylation sites (tertiary alicyclic amines) is 1. The molecule has 2 heterocycles. The highest BCUT2D eigenvalue weighted by atomic mass is 16.5. The molecule has 0 radical (unpaired) electrons. The third-order valence-corrected chi connectivity index (χ3v) is 5.95. The predicted octanol–water partition coefficient (Wildman–Crippen LogP) is 4.02. The van der Waals surface area contributed by atoms with Crippen LogP contribution >= 0.6 is 0 Å². The molecule has 0 spiro atoms. The van der Waals surface area contributed by atoms with Gasteiger partial charge < -0.3 is 9.64 Å². The summed E-state index contributed by atoms with van der Waals surface area (Å²) in [5.41, 5.74) is 3.60. The van der Waals surface area contributed by atoms with Crippen LogP contribution in [0.15, 0.2) is 65.5 Å². The maximum Gasteiger partial charge on any atom is 0.267 e. The molecule has 0 atom stereocenters. The average molecular weight is 432 g/mol. The first-order valence-corrected chi connectivity index (χ1v) is 11.2. The summed E-state index contributed by atoms with van der Waals surface area (Å²) in [6.45, 7) is 5.75. The molecule has 32 heavy (non-hydrogen) atoms. The molecule has 6 nitrogen and oxygen atoms in total. The van der Waals surface area contributed by atoms with Gasteiger partial charge in [0.15, 0.2) is 0 Å². The lowest BCUT2D eigenvalue weighted by Gasteiger charge is -2.32. The Morgan fingerprint density at radius 1 is 1.06 bits per heavy atom. The molecule has 1 saturated heterocycles. The number of nitrogens with zero attached hydrogens (tertiary/aromatic N) is 3. The zero-order valence-electron chi connectivity index (χ0n) is 18.7. The number of ether oxygens (including phenoxy) is 1. The lowest BCUT2D eigenvalue weighted by atomic mass is 10.0. The third-order valence-electron chi connectivity index (χ3n) is 5.95. The van der Waals surface area contributed by atoms with Crippen LogP contribution in [0.25, 0.3) is 11.3 Å². The zero-order chi connectivity index (χ0) is 22.5. The van der Waals surface area contributed by atoms with Gasteiger partial charge in [0.05, 0.1) is 24.8 Å². The molecule has 0 aliphatic carbocycles. The number of hydrogen-bond acceptors (Lipinski definition) is 4. The van der Waals surface area contributed by atoms with Crippen molar-refractivity contribution in [2.24, 2.45) is 0 Å². The van der Waals surface area contributed by atoms with Gasteiger partial charge in [-0.25, -0.2) is 4.68 Å². The monoisotopic (exact) mass is 431 g/mol. The number of rotatable bonds is 6. The van der Waals surface area contributed by atoms with E-state index < -0.39 is 0 Å². The van der Waals surface area contributed by atoms with Crippen molar-refractivity contribution in [3.63, 3.8) is 0 Å².